The van der Waals surface area contributed by atoms with Crippen LogP contribution in [-0.4, -0.2) is 19.5 Å². The third-order valence-electron chi connectivity index (χ3n) is 3.56. The van der Waals surface area contributed by atoms with Crippen LogP contribution in [0.4, 0.5) is 5.88 Å². The number of anilines is 1. The van der Waals surface area contributed by atoms with E-state index in [1.54, 1.807) is 12.1 Å². The van der Waals surface area contributed by atoms with Crippen LogP contribution in [-0.2, 0) is 14.8 Å². The first-order valence-corrected chi connectivity index (χ1v) is 10.0. The Bertz CT molecular complexity index is 1120. The van der Waals surface area contributed by atoms with Gasteiger partial charge in [0.15, 0.2) is 5.76 Å². The van der Waals surface area contributed by atoms with Crippen molar-refractivity contribution in [1.29, 1.82) is 0 Å². The first kappa shape index (κ1) is 20.1. The Labute approximate surface area is 170 Å². The number of sulfonamides is 1. The molecule has 0 unspecified atom stereocenters. The Balaban J connectivity index is 2.15. The first-order valence-electron chi connectivity index (χ1n) is 7.77. The molecule has 146 valence electrons. The Morgan fingerprint density at radius 3 is 2.25 bits per heavy atom. The summed E-state index contributed by atoms with van der Waals surface area (Å²) in [4.78, 5) is 11.4. The van der Waals surface area contributed by atoms with E-state index in [4.69, 9.17) is 32.4 Å². The molecule has 0 aliphatic rings. The molecular formula is C18H13Cl2NO6S. The van der Waals surface area contributed by atoms with Crippen LogP contribution in [0.3, 0.4) is 0 Å². The Morgan fingerprint density at radius 1 is 1.07 bits per heavy atom. The van der Waals surface area contributed by atoms with Crippen LogP contribution in [0.5, 0.6) is 11.5 Å². The Hall–Kier alpha value is -2.68. The lowest BCUT2D eigenvalue weighted by molar-refractivity contribution is -0.131. The summed E-state index contributed by atoms with van der Waals surface area (Å²) in [6, 6.07) is 12.0. The molecule has 7 nitrogen and oxygen atoms in total. The number of nitrogens with one attached hydrogen (secondary N) is 1. The fourth-order valence-electron chi connectivity index (χ4n) is 2.38. The van der Waals surface area contributed by atoms with E-state index in [2.05, 4.69) is 4.72 Å². The number of carbonyl (C=O) groups excluding carboxylic acids is 1. The standard InChI is InChI=1S/C18H13Cl2NO6S/c1-10(22)26-17-15(23)16(14-12(19)8-5-9-13(14)20)27-18(17)21-28(24,25)11-6-3-2-4-7-11/h2-9,21,23H,1H3. The second kappa shape index (κ2) is 7.75. The van der Waals surface area contributed by atoms with Crippen molar-refractivity contribution in [1.82, 2.24) is 0 Å². The van der Waals surface area contributed by atoms with Crippen molar-refractivity contribution in [3.63, 3.8) is 0 Å². The molecule has 0 bridgehead atoms. The summed E-state index contributed by atoms with van der Waals surface area (Å²) in [7, 11) is -4.09. The SMILES string of the molecule is CC(=O)Oc1c(NS(=O)(=O)c2ccccc2)oc(-c2c(Cl)cccc2Cl)c1O. The maximum Gasteiger partial charge on any atom is 0.308 e. The highest BCUT2D eigenvalue weighted by atomic mass is 35.5. The molecular weight excluding hydrogens is 429 g/mol. The smallest absolute Gasteiger partial charge is 0.308 e. The van der Waals surface area contributed by atoms with E-state index >= 15 is 0 Å². The molecule has 0 spiro atoms. The second-order valence-electron chi connectivity index (χ2n) is 5.55. The molecule has 2 aromatic carbocycles. The van der Waals surface area contributed by atoms with Gasteiger partial charge in [0, 0.05) is 6.92 Å². The van der Waals surface area contributed by atoms with Gasteiger partial charge < -0.3 is 14.3 Å². The lowest BCUT2D eigenvalue weighted by atomic mass is 10.1. The summed E-state index contributed by atoms with van der Waals surface area (Å²) in [6.07, 6.45) is 0. The van der Waals surface area contributed by atoms with Gasteiger partial charge in [-0.2, -0.15) is 0 Å². The fourth-order valence-corrected chi connectivity index (χ4v) is 3.96. The van der Waals surface area contributed by atoms with Gasteiger partial charge in [-0.05, 0) is 24.3 Å². The van der Waals surface area contributed by atoms with E-state index in [9.17, 15) is 18.3 Å². The van der Waals surface area contributed by atoms with Crippen LogP contribution in [0.25, 0.3) is 11.3 Å². The number of rotatable bonds is 5. The molecule has 0 aliphatic carbocycles. The van der Waals surface area contributed by atoms with Crippen LogP contribution < -0.4 is 9.46 Å². The third kappa shape index (κ3) is 3.94. The molecule has 28 heavy (non-hydrogen) atoms. The molecule has 2 N–H and O–H groups in total. The molecule has 0 saturated carbocycles. The summed E-state index contributed by atoms with van der Waals surface area (Å²) >= 11 is 12.3. The van der Waals surface area contributed by atoms with Gasteiger partial charge in [-0.1, -0.05) is 47.5 Å². The number of carbonyl (C=O) groups is 1. The van der Waals surface area contributed by atoms with Crippen LogP contribution >= 0.6 is 23.2 Å². The van der Waals surface area contributed by atoms with Crippen molar-refractivity contribution in [3.8, 4) is 22.8 Å². The minimum Gasteiger partial charge on any atom is -0.502 e. The quantitative estimate of drug-likeness (QED) is 0.556. The van der Waals surface area contributed by atoms with E-state index in [0.717, 1.165) is 6.92 Å². The average Bonchev–Trinajstić information content (AvgIpc) is 2.91. The maximum atomic E-state index is 12.6. The summed E-state index contributed by atoms with van der Waals surface area (Å²) < 4.78 is 37.7. The molecule has 0 fully saturated rings. The molecule has 0 atom stereocenters. The van der Waals surface area contributed by atoms with Gasteiger partial charge in [0.25, 0.3) is 15.9 Å². The molecule has 1 aromatic heterocycles. The van der Waals surface area contributed by atoms with Gasteiger partial charge in [-0.25, -0.2) is 13.1 Å². The number of halogens is 2. The van der Waals surface area contributed by atoms with Crippen molar-refractivity contribution in [2.24, 2.45) is 0 Å². The number of furan rings is 1. The Kier molecular flexibility index (Phi) is 5.55. The minimum atomic E-state index is -4.09. The lowest BCUT2D eigenvalue weighted by Crippen LogP contribution is -2.13. The van der Waals surface area contributed by atoms with Crippen LogP contribution in [0, 0.1) is 0 Å². The molecule has 3 aromatic rings. The zero-order valence-electron chi connectivity index (χ0n) is 14.3. The number of esters is 1. The predicted octanol–water partition coefficient (Wildman–Crippen LogP) is 4.69. The van der Waals surface area contributed by atoms with Crippen molar-refractivity contribution in [3.05, 3.63) is 58.6 Å². The van der Waals surface area contributed by atoms with Gasteiger partial charge in [-0.3, -0.25) is 4.79 Å². The summed E-state index contributed by atoms with van der Waals surface area (Å²) in [5.41, 5.74) is 0.113. The van der Waals surface area contributed by atoms with E-state index in [1.807, 2.05) is 0 Å². The lowest BCUT2D eigenvalue weighted by Gasteiger charge is -2.07. The number of aromatic hydroxyl groups is 1. The summed E-state index contributed by atoms with van der Waals surface area (Å²) in [5, 5.41) is 10.8. The molecule has 0 amide bonds. The normalized spacial score (nSPS) is 11.2. The average molecular weight is 442 g/mol. The van der Waals surface area contributed by atoms with Gasteiger partial charge in [0.1, 0.15) is 0 Å². The molecule has 0 radical (unpaired) electrons. The van der Waals surface area contributed by atoms with Crippen LogP contribution in [0.15, 0.2) is 57.8 Å². The number of hydrogen-bond acceptors (Lipinski definition) is 6. The molecule has 1 heterocycles. The fraction of sp³-hybridized carbons (Fsp3) is 0.0556. The van der Waals surface area contributed by atoms with Crippen molar-refractivity contribution in [2.75, 3.05) is 4.72 Å². The summed E-state index contributed by atoms with van der Waals surface area (Å²) in [6.45, 7) is 1.09. The van der Waals surface area contributed by atoms with Crippen LogP contribution in [0.2, 0.25) is 10.0 Å². The number of hydrogen-bond donors (Lipinski definition) is 2. The van der Waals surface area contributed by atoms with Gasteiger partial charge in [-0.15, -0.1) is 0 Å². The van der Waals surface area contributed by atoms with E-state index in [-0.39, 0.29) is 26.3 Å². The van der Waals surface area contributed by atoms with E-state index < -0.39 is 33.4 Å². The van der Waals surface area contributed by atoms with E-state index in [1.165, 1.54) is 36.4 Å². The zero-order valence-corrected chi connectivity index (χ0v) is 16.6. The monoisotopic (exact) mass is 441 g/mol. The van der Waals surface area contributed by atoms with Crippen molar-refractivity contribution < 1.29 is 27.5 Å². The van der Waals surface area contributed by atoms with Crippen LogP contribution in [0.1, 0.15) is 6.92 Å². The molecule has 10 heteroatoms. The Morgan fingerprint density at radius 2 is 1.68 bits per heavy atom. The highest BCUT2D eigenvalue weighted by Gasteiger charge is 2.29. The zero-order chi connectivity index (χ0) is 20.5. The van der Waals surface area contributed by atoms with E-state index in [0.29, 0.717) is 0 Å². The molecule has 0 saturated heterocycles. The van der Waals surface area contributed by atoms with Gasteiger partial charge >= 0.3 is 5.97 Å². The second-order valence-corrected chi connectivity index (χ2v) is 8.04. The maximum absolute atomic E-state index is 12.6. The summed E-state index contributed by atoms with van der Waals surface area (Å²) in [5.74, 6) is -2.68. The highest BCUT2D eigenvalue weighted by molar-refractivity contribution is 7.92. The van der Waals surface area contributed by atoms with Gasteiger partial charge in [0.2, 0.25) is 11.5 Å². The van der Waals surface area contributed by atoms with Crippen molar-refractivity contribution in [2.45, 2.75) is 11.8 Å². The minimum absolute atomic E-state index is 0.0583. The first-order chi connectivity index (χ1) is 13.2. The molecule has 0 aliphatic heterocycles. The molecule has 3 rings (SSSR count). The van der Waals surface area contributed by atoms with Gasteiger partial charge in [0.05, 0.1) is 20.5 Å². The predicted molar refractivity (Wildman–Crippen MR) is 104 cm³/mol. The number of ether oxygens (including phenoxy) is 1. The third-order valence-corrected chi connectivity index (χ3v) is 5.53. The number of benzene rings is 2. The highest BCUT2D eigenvalue weighted by Crippen LogP contribution is 2.50. The topological polar surface area (TPSA) is 106 Å². The largest absolute Gasteiger partial charge is 0.502 e. The van der Waals surface area contributed by atoms with Crippen molar-refractivity contribution >= 4 is 45.1 Å².